The molecule has 7 rings (SSSR count). The van der Waals surface area contributed by atoms with Gasteiger partial charge in [-0.1, -0.05) is 113 Å². The van der Waals surface area contributed by atoms with Crippen molar-refractivity contribution in [3.8, 4) is 0 Å². The Hall–Kier alpha value is -5.29. The molecule has 3 aliphatic rings. The number of anilines is 4. The van der Waals surface area contributed by atoms with Crippen molar-refractivity contribution in [1.82, 2.24) is 10.7 Å². The van der Waals surface area contributed by atoms with Gasteiger partial charge in [0.25, 0.3) is 0 Å². The van der Waals surface area contributed by atoms with E-state index in [0.29, 0.717) is 17.0 Å². The molecule has 0 unspecified atom stereocenters. The Morgan fingerprint density at radius 3 is 1.58 bits per heavy atom. The van der Waals surface area contributed by atoms with Crippen LogP contribution < -0.4 is 20.7 Å². The standard InChI is InChI=1S/C40H38N4O/c1-7-28-37(45)26(2)24-27(43-33-20-12-8-16-29(33)39(3,4)30-17-9-13-21-34(30)43)25-41-38(28)42-44-35-22-14-10-18-31(35)40(5,6)32-19-11-15-23-36(32)44/h7-25,41-42H,1H2,2-6H3/b26-24+,27-25+,38-28+. The number of para-hydroxylation sites is 4. The number of Topliss-reactive ketones (excluding diaryl/α,β-unsaturated/α-hetero) is 1. The summed E-state index contributed by atoms with van der Waals surface area (Å²) in [6.45, 7) is 15.0. The Kier molecular flexibility index (Phi) is 6.59. The van der Waals surface area contributed by atoms with Gasteiger partial charge in [-0.15, -0.1) is 0 Å². The number of rotatable bonds is 4. The maximum atomic E-state index is 14.1. The second-order valence-corrected chi connectivity index (χ2v) is 13.0. The Labute approximate surface area is 265 Å². The van der Waals surface area contributed by atoms with Crippen LogP contribution in [-0.2, 0) is 15.6 Å². The SMILES string of the molecule is C=C/C1=C(\NN2c3ccccc3C(C)(C)c3ccccc32)N/C=C(N2c3ccccc3C(C)(C)c3ccccc32)\C=C(/C)C1=O. The van der Waals surface area contributed by atoms with Crippen LogP contribution >= 0.6 is 0 Å². The van der Waals surface area contributed by atoms with Crippen LogP contribution in [0.5, 0.6) is 0 Å². The Morgan fingerprint density at radius 2 is 1.11 bits per heavy atom. The number of ketones is 1. The minimum atomic E-state index is -0.194. The molecule has 0 spiro atoms. The van der Waals surface area contributed by atoms with Crippen molar-refractivity contribution in [3.05, 3.63) is 167 Å². The summed E-state index contributed by atoms with van der Waals surface area (Å²) in [4.78, 5) is 16.3. The second-order valence-electron chi connectivity index (χ2n) is 13.0. The molecule has 0 saturated heterocycles. The number of carbonyl (C=O) groups is 1. The van der Waals surface area contributed by atoms with Crippen molar-refractivity contribution in [2.75, 3.05) is 9.91 Å². The van der Waals surface area contributed by atoms with Crippen molar-refractivity contribution in [3.63, 3.8) is 0 Å². The number of hydrazine groups is 1. The van der Waals surface area contributed by atoms with Gasteiger partial charge in [-0.05, 0) is 65.1 Å². The molecule has 0 saturated carbocycles. The van der Waals surface area contributed by atoms with E-state index in [2.05, 4.69) is 152 Å². The summed E-state index contributed by atoms with van der Waals surface area (Å²) in [5.41, 5.74) is 14.3. The molecule has 5 nitrogen and oxygen atoms in total. The first-order chi connectivity index (χ1) is 21.6. The van der Waals surface area contributed by atoms with Crippen LogP contribution in [0.2, 0.25) is 0 Å². The van der Waals surface area contributed by atoms with Crippen molar-refractivity contribution >= 4 is 28.5 Å². The van der Waals surface area contributed by atoms with Crippen molar-refractivity contribution in [2.24, 2.45) is 0 Å². The van der Waals surface area contributed by atoms with Crippen LogP contribution in [0.15, 0.2) is 145 Å². The lowest BCUT2D eigenvalue weighted by atomic mass is 9.73. The highest BCUT2D eigenvalue weighted by molar-refractivity contribution is 6.10. The van der Waals surface area contributed by atoms with Crippen LogP contribution in [0.25, 0.3) is 0 Å². The fourth-order valence-electron chi connectivity index (χ4n) is 7.14. The van der Waals surface area contributed by atoms with Crippen LogP contribution in [0.3, 0.4) is 0 Å². The largest absolute Gasteiger partial charge is 0.344 e. The van der Waals surface area contributed by atoms with E-state index in [9.17, 15) is 4.79 Å². The Bertz CT molecular complexity index is 1880. The van der Waals surface area contributed by atoms with Gasteiger partial charge in [0.15, 0.2) is 5.78 Å². The monoisotopic (exact) mass is 590 g/mol. The number of fused-ring (bicyclic) bond motifs is 4. The summed E-state index contributed by atoms with van der Waals surface area (Å²) in [7, 11) is 0. The molecule has 0 fully saturated rings. The quantitative estimate of drug-likeness (QED) is 0.249. The van der Waals surface area contributed by atoms with Gasteiger partial charge in [0.1, 0.15) is 5.82 Å². The predicted molar refractivity (Wildman–Crippen MR) is 185 cm³/mol. The maximum Gasteiger partial charge on any atom is 0.192 e. The minimum absolute atomic E-state index is 0.0941. The maximum absolute atomic E-state index is 14.1. The fourth-order valence-corrected chi connectivity index (χ4v) is 7.14. The molecule has 3 aliphatic heterocycles. The third kappa shape index (κ3) is 4.33. The molecular weight excluding hydrogens is 552 g/mol. The van der Waals surface area contributed by atoms with Crippen molar-refractivity contribution < 1.29 is 4.79 Å². The molecule has 5 heteroatoms. The first kappa shape index (κ1) is 28.5. The molecule has 0 radical (unpaired) electrons. The zero-order valence-electron chi connectivity index (χ0n) is 26.5. The lowest BCUT2D eigenvalue weighted by Crippen LogP contribution is -2.44. The van der Waals surface area contributed by atoms with Crippen LogP contribution in [0.4, 0.5) is 22.7 Å². The fraction of sp³-hybridized carbons (Fsp3) is 0.175. The molecule has 4 aromatic carbocycles. The van der Waals surface area contributed by atoms with E-state index in [1.54, 1.807) is 6.08 Å². The molecule has 2 N–H and O–H groups in total. The van der Waals surface area contributed by atoms with Gasteiger partial charge in [0.2, 0.25) is 0 Å². The van der Waals surface area contributed by atoms with E-state index < -0.39 is 0 Å². The summed E-state index contributed by atoms with van der Waals surface area (Å²) in [5.74, 6) is 0.464. The number of nitrogens with zero attached hydrogens (tertiary/aromatic N) is 2. The zero-order valence-corrected chi connectivity index (χ0v) is 26.5. The van der Waals surface area contributed by atoms with Crippen LogP contribution in [0.1, 0.15) is 56.9 Å². The Morgan fingerprint density at radius 1 is 0.689 bits per heavy atom. The smallest absolute Gasteiger partial charge is 0.192 e. The van der Waals surface area contributed by atoms with Gasteiger partial charge in [0, 0.05) is 17.0 Å². The van der Waals surface area contributed by atoms with Gasteiger partial charge >= 0.3 is 0 Å². The average molecular weight is 591 g/mol. The number of nitrogens with one attached hydrogen (secondary N) is 2. The molecule has 224 valence electrons. The number of hydrogen-bond acceptors (Lipinski definition) is 5. The molecule has 4 aromatic rings. The number of hydrogen-bond donors (Lipinski definition) is 2. The van der Waals surface area contributed by atoms with Crippen molar-refractivity contribution in [2.45, 2.75) is 45.4 Å². The number of benzene rings is 4. The zero-order chi connectivity index (χ0) is 31.5. The van der Waals surface area contributed by atoms with Crippen LogP contribution in [0, 0.1) is 0 Å². The summed E-state index contributed by atoms with van der Waals surface area (Å²) < 4.78 is 0. The number of allylic oxidation sites excluding steroid dienone is 4. The van der Waals surface area contributed by atoms with Crippen molar-refractivity contribution in [1.29, 1.82) is 0 Å². The topological polar surface area (TPSA) is 47.6 Å². The van der Waals surface area contributed by atoms with E-state index in [4.69, 9.17) is 0 Å². The molecule has 0 aromatic heterocycles. The normalized spacial score (nSPS) is 21.7. The van der Waals surface area contributed by atoms with E-state index in [-0.39, 0.29) is 16.6 Å². The lowest BCUT2D eigenvalue weighted by molar-refractivity contribution is -0.112. The third-order valence-corrected chi connectivity index (χ3v) is 9.56. The molecule has 3 heterocycles. The first-order valence-electron chi connectivity index (χ1n) is 15.5. The molecule has 0 amide bonds. The highest BCUT2D eigenvalue weighted by Crippen LogP contribution is 2.51. The average Bonchev–Trinajstić information content (AvgIpc) is 3.05. The molecule has 0 aliphatic carbocycles. The molecule has 45 heavy (non-hydrogen) atoms. The van der Waals surface area contributed by atoms with Gasteiger partial charge in [-0.25, -0.2) is 0 Å². The highest BCUT2D eigenvalue weighted by atomic mass is 16.1. The van der Waals surface area contributed by atoms with Gasteiger partial charge in [-0.2, -0.15) is 0 Å². The summed E-state index contributed by atoms with van der Waals surface area (Å²) in [6, 6.07) is 33.9. The molecule has 0 bridgehead atoms. The predicted octanol–water partition coefficient (Wildman–Crippen LogP) is 8.80. The summed E-state index contributed by atoms with van der Waals surface area (Å²) in [5, 5.41) is 5.60. The summed E-state index contributed by atoms with van der Waals surface area (Å²) in [6.07, 6.45) is 5.59. The van der Waals surface area contributed by atoms with Crippen LogP contribution in [-0.4, -0.2) is 5.78 Å². The third-order valence-electron chi connectivity index (χ3n) is 9.56. The summed E-state index contributed by atoms with van der Waals surface area (Å²) >= 11 is 0. The second kappa shape index (κ2) is 10.4. The van der Waals surface area contributed by atoms with E-state index >= 15 is 0 Å². The van der Waals surface area contributed by atoms with E-state index in [1.807, 2.05) is 19.2 Å². The Balaban J connectivity index is 1.37. The van der Waals surface area contributed by atoms with Gasteiger partial charge in [0.05, 0.1) is 34.0 Å². The first-order valence-corrected chi connectivity index (χ1v) is 15.5. The van der Waals surface area contributed by atoms with E-state index in [1.165, 1.54) is 22.3 Å². The van der Waals surface area contributed by atoms with Gasteiger partial charge < -0.3 is 10.2 Å². The van der Waals surface area contributed by atoms with E-state index in [0.717, 1.165) is 28.4 Å². The molecular formula is C40H38N4O. The number of carbonyl (C=O) groups excluding carboxylic acids is 1. The van der Waals surface area contributed by atoms with Gasteiger partial charge in [-0.3, -0.25) is 15.2 Å². The lowest BCUT2D eigenvalue weighted by Gasteiger charge is -2.43. The minimum Gasteiger partial charge on any atom is -0.344 e. The molecule has 0 atom stereocenters. The highest BCUT2D eigenvalue weighted by Gasteiger charge is 2.38.